The third kappa shape index (κ3) is 5.66. The van der Waals surface area contributed by atoms with Gasteiger partial charge in [-0.1, -0.05) is 72.7 Å². The highest BCUT2D eigenvalue weighted by atomic mass is 16.7. The molecule has 0 amide bonds. The molecule has 1 N–H and O–H groups in total. The first-order valence-electron chi connectivity index (χ1n) is 10.3. The second-order valence-corrected chi connectivity index (χ2v) is 8.58. The van der Waals surface area contributed by atoms with Crippen LogP contribution in [-0.4, -0.2) is 46.4 Å². The van der Waals surface area contributed by atoms with Crippen LogP contribution in [0.2, 0.25) is 0 Å². The van der Waals surface area contributed by atoms with Crippen LogP contribution < -0.4 is 0 Å². The third-order valence-corrected chi connectivity index (χ3v) is 5.19. The predicted octanol–water partition coefficient (Wildman–Crippen LogP) is 4.40. The van der Waals surface area contributed by atoms with E-state index in [4.69, 9.17) is 9.57 Å². The summed E-state index contributed by atoms with van der Waals surface area (Å²) in [5, 5.41) is 15.1. The Labute approximate surface area is 173 Å². The molecule has 29 heavy (non-hydrogen) atoms. The summed E-state index contributed by atoms with van der Waals surface area (Å²) in [5.74, 6) is 0. The maximum Gasteiger partial charge on any atom is 0.216 e. The molecule has 2 aromatic rings. The summed E-state index contributed by atoms with van der Waals surface area (Å²) < 4.78 is 5.71. The Morgan fingerprint density at radius 2 is 1.62 bits per heavy atom. The fourth-order valence-corrected chi connectivity index (χ4v) is 3.49. The molecule has 156 valence electrons. The Morgan fingerprint density at radius 1 is 1.07 bits per heavy atom. The van der Waals surface area contributed by atoms with Crippen LogP contribution in [0.1, 0.15) is 51.7 Å². The Kier molecular flexibility index (Phi) is 6.73. The van der Waals surface area contributed by atoms with Crippen molar-refractivity contribution in [3.63, 3.8) is 0 Å². The van der Waals surface area contributed by atoms with Crippen LogP contribution in [0, 0.1) is 0 Å². The molecule has 1 aliphatic rings. The highest BCUT2D eigenvalue weighted by molar-refractivity contribution is 6.12. The molecule has 0 spiro atoms. The van der Waals surface area contributed by atoms with Gasteiger partial charge in [-0.2, -0.15) is 0 Å². The first-order valence-corrected chi connectivity index (χ1v) is 10.3. The highest BCUT2D eigenvalue weighted by Gasteiger charge is 2.42. The number of hydrogen-bond acceptors (Lipinski definition) is 5. The molecule has 3 rings (SSSR count). The van der Waals surface area contributed by atoms with Gasteiger partial charge in [0.1, 0.15) is 5.71 Å². The van der Waals surface area contributed by atoms with Crippen LogP contribution in [0.5, 0.6) is 0 Å². The number of rotatable bonds is 7. The molecule has 5 nitrogen and oxygen atoms in total. The van der Waals surface area contributed by atoms with Crippen molar-refractivity contribution in [2.75, 3.05) is 13.1 Å². The van der Waals surface area contributed by atoms with Crippen molar-refractivity contribution in [3.05, 3.63) is 71.8 Å². The van der Waals surface area contributed by atoms with Crippen molar-refractivity contribution in [3.8, 4) is 0 Å². The molecule has 0 saturated carbocycles. The maximum absolute atomic E-state index is 10.5. The smallest absolute Gasteiger partial charge is 0.216 e. The molecule has 0 radical (unpaired) electrons. The zero-order valence-corrected chi connectivity index (χ0v) is 17.8. The van der Waals surface area contributed by atoms with Crippen molar-refractivity contribution in [1.29, 1.82) is 0 Å². The summed E-state index contributed by atoms with van der Waals surface area (Å²) >= 11 is 0. The van der Waals surface area contributed by atoms with E-state index in [0.29, 0.717) is 13.1 Å². The zero-order chi connectivity index (χ0) is 20.9. The summed E-state index contributed by atoms with van der Waals surface area (Å²) in [6.07, 6.45) is 0.638. The number of benzene rings is 2. The lowest BCUT2D eigenvalue weighted by atomic mass is 10.0. The Morgan fingerprint density at radius 3 is 2.10 bits per heavy atom. The van der Waals surface area contributed by atoms with E-state index in [1.54, 1.807) is 0 Å². The maximum atomic E-state index is 10.5. The molecular formula is C24H32N2O3. The number of aliphatic hydroxyl groups is 1. The van der Waals surface area contributed by atoms with Gasteiger partial charge in [-0.05, 0) is 27.2 Å². The molecule has 2 unspecified atom stereocenters. The first-order chi connectivity index (χ1) is 13.8. The molecule has 2 aromatic carbocycles. The minimum atomic E-state index is -0.946. The lowest BCUT2D eigenvalue weighted by Gasteiger charge is -2.31. The number of nitrogens with zero attached hydrogens (tertiary/aromatic N) is 2. The molecule has 0 bridgehead atoms. The standard InChI is InChI=1S/C24H32N2O3/c1-5-24(16-17-26(18-24)22(27)28-23(2,3)4)29-25-21(19-12-8-6-9-13-19)20-14-10-7-11-15-20/h6-15,22,27H,5,16-18H2,1-4H3. The van der Waals surface area contributed by atoms with Gasteiger partial charge in [-0.15, -0.1) is 0 Å². The van der Waals surface area contributed by atoms with Crippen LogP contribution in [0.4, 0.5) is 0 Å². The van der Waals surface area contributed by atoms with E-state index in [-0.39, 0.29) is 0 Å². The number of likely N-dealkylation sites (tertiary alicyclic amines) is 1. The van der Waals surface area contributed by atoms with Crippen molar-refractivity contribution < 1.29 is 14.7 Å². The van der Waals surface area contributed by atoms with Crippen LogP contribution >= 0.6 is 0 Å². The Hall–Kier alpha value is -2.21. The van der Waals surface area contributed by atoms with Gasteiger partial charge in [0.2, 0.25) is 6.41 Å². The van der Waals surface area contributed by atoms with Gasteiger partial charge in [0, 0.05) is 30.6 Å². The lowest BCUT2D eigenvalue weighted by Crippen LogP contribution is -2.43. The van der Waals surface area contributed by atoms with E-state index in [1.807, 2.05) is 86.3 Å². The summed E-state index contributed by atoms with van der Waals surface area (Å²) in [6, 6.07) is 20.1. The van der Waals surface area contributed by atoms with E-state index >= 15 is 0 Å². The first kappa shape index (κ1) is 21.5. The fraction of sp³-hybridized carbons (Fsp3) is 0.458. The molecule has 1 saturated heterocycles. The monoisotopic (exact) mass is 396 g/mol. The van der Waals surface area contributed by atoms with Crippen LogP contribution in [-0.2, 0) is 9.57 Å². The van der Waals surface area contributed by atoms with E-state index in [1.165, 1.54) is 0 Å². The molecular weight excluding hydrogens is 364 g/mol. The van der Waals surface area contributed by atoms with Gasteiger partial charge < -0.3 is 14.7 Å². The number of oxime groups is 1. The molecule has 0 aromatic heterocycles. The van der Waals surface area contributed by atoms with Crippen molar-refractivity contribution in [2.24, 2.45) is 5.16 Å². The van der Waals surface area contributed by atoms with Gasteiger partial charge >= 0.3 is 0 Å². The summed E-state index contributed by atoms with van der Waals surface area (Å²) in [7, 11) is 0. The topological polar surface area (TPSA) is 54.3 Å². The summed E-state index contributed by atoms with van der Waals surface area (Å²) in [5.41, 5.74) is 1.97. The summed E-state index contributed by atoms with van der Waals surface area (Å²) in [4.78, 5) is 8.11. The Balaban J connectivity index is 1.80. The molecule has 1 fully saturated rings. The van der Waals surface area contributed by atoms with Crippen LogP contribution in [0.25, 0.3) is 0 Å². The average molecular weight is 397 g/mol. The van der Waals surface area contributed by atoms with Gasteiger partial charge in [-0.3, -0.25) is 4.90 Å². The van der Waals surface area contributed by atoms with E-state index < -0.39 is 17.6 Å². The van der Waals surface area contributed by atoms with E-state index in [2.05, 4.69) is 12.1 Å². The Bertz CT molecular complexity index is 760. The molecule has 0 aliphatic carbocycles. The SMILES string of the molecule is CCC1(ON=C(c2ccccc2)c2ccccc2)CCN(C(O)OC(C)(C)C)C1. The average Bonchev–Trinajstić information content (AvgIpc) is 3.14. The van der Waals surface area contributed by atoms with Crippen molar-refractivity contribution in [1.82, 2.24) is 4.90 Å². The molecule has 2 atom stereocenters. The predicted molar refractivity (Wildman–Crippen MR) is 116 cm³/mol. The van der Waals surface area contributed by atoms with Gasteiger partial charge in [0.25, 0.3) is 0 Å². The van der Waals surface area contributed by atoms with E-state index in [0.717, 1.165) is 29.7 Å². The quantitative estimate of drug-likeness (QED) is 0.428. The largest absolute Gasteiger partial charge is 0.387 e. The molecule has 1 heterocycles. The zero-order valence-electron chi connectivity index (χ0n) is 17.8. The van der Waals surface area contributed by atoms with Gasteiger partial charge in [0.05, 0.1) is 5.60 Å². The fourth-order valence-electron chi connectivity index (χ4n) is 3.49. The second kappa shape index (κ2) is 9.08. The molecule has 5 heteroatoms. The van der Waals surface area contributed by atoms with Crippen LogP contribution in [0.15, 0.2) is 65.8 Å². The normalized spacial score (nSPS) is 21.0. The minimum Gasteiger partial charge on any atom is -0.387 e. The third-order valence-electron chi connectivity index (χ3n) is 5.19. The second-order valence-electron chi connectivity index (χ2n) is 8.58. The van der Waals surface area contributed by atoms with Gasteiger partial charge in [0.15, 0.2) is 5.60 Å². The highest BCUT2D eigenvalue weighted by Crippen LogP contribution is 2.31. The van der Waals surface area contributed by atoms with Crippen molar-refractivity contribution in [2.45, 2.75) is 58.2 Å². The van der Waals surface area contributed by atoms with E-state index in [9.17, 15) is 5.11 Å². The number of hydrogen-bond donors (Lipinski definition) is 1. The van der Waals surface area contributed by atoms with Crippen molar-refractivity contribution >= 4 is 5.71 Å². The lowest BCUT2D eigenvalue weighted by molar-refractivity contribution is -0.237. The molecule has 1 aliphatic heterocycles. The summed E-state index contributed by atoms with van der Waals surface area (Å²) in [6.45, 7) is 9.18. The van der Waals surface area contributed by atoms with Gasteiger partial charge in [-0.25, -0.2) is 0 Å². The number of ether oxygens (including phenoxy) is 1. The minimum absolute atomic E-state index is 0.413. The van der Waals surface area contributed by atoms with Crippen LogP contribution in [0.3, 0.4) is 0 Å². The number of aliphatic hydroxyl groups excluding tert-OH is 1.